The Kier molecular flexibility index (Phi) is 6.79. The van der Waals surface area contributed by atoms with Crippen LogP contribution in [0.1, 0.15) is 22.5 Å². The maximum absolute atomic E-state index is 12.5. The van der Waals surface area contributed by atoms with E-state index in [0.29, 0.717) is 0 Å². The first-order valence-corrected chi connectivity index (χ1v) is 8.48. The molecule has 0 saturated heterocycles. The second kappa shape index (κ2) is 9.06. The highest BCUT2D eigenvalue weighted by Gasteiger charge is 2.13. The number of nitrogens with zero attached hydrogens (tertiary/aromatic N) is 2. The predicted octanol–water partition coefficient (Wildman–Crippen LogP) is -0.0342. The summed E-state index contributed by atoms with van der Waals surface area (Å²) in [6, 6.07) is 15.7. The Morgan fingerprint density at radius 3 is 1.93 bits per heavy atom. The molecular weight excluding hydrogens is 376 g/mol. The van der Waals surface area contributed by atoms with E-state index >= 15 is 0 Å². The summed E-state index contributed by atoms with van der Waals surface area (Å²) >= 11 is 0. The van der Waals surface area contributed by atoms with Crippen molar-refractivity contribution < 1.29 is 27.2 Å². The Balaban J connectivity index is 0.00000280. The molecule has 0 unspecified atom stereocenters. The molecule has 2 N–H and O–H groups in total. The molecule has 0 saturated carbocycles. The molecular formula is C22H21ClN2O3. The summed E-state index contributed by atoms with van der Waals surface area (Å²) in [5, 5.41) is 19.1. The molecule has 3 aromatic rings. The molecule has 1 aromatic heterocycles. The first-order chi connectivity index (χ1) is 12.9. The van der Waals surface area contributed by atoms with Gasteiger partial charge in [-0.1, -0.05) is 36.4 Å². The molecule has 6 heteroatoms. The number of hydrogen-bond acceptors (Lipinski definition) is 3. The Labute approximate surface area is 169 Å². The van der Waals surface area contributed by atoms with Gasteiger partial charge in [0.25, 0.3) is 0 Å². The van der Waals surface area contributed by atoms with E-state index in [1.807, 2.05) is 42.5 Å². The van der Waals surface area contributed by atoms with E-state index in [1.165, 1.54) is 0 Å². The van der Waals surface area contributed by atoms with Crippen LogP contribution in [0.3, 0.4) is 0 Å². The molecule has 2 aromatic carbocycles. The zero-order valence-corrected chi connectivity index (χ0v) is 16.3. The minimum atomic E-state index is -0.149. The van der Waals surface area contributed by atoms with Crippen LogP contribution >= 0.6 is 0 Å². The van der Waals surface area contributed by atoms with Gasteiger partial charge in [-0.15, -0.1) is 0 Å². The van der Waals surface area contributed by atoms with Gasteiger partial charge in [0.2, 0.25) is 0 Å². The molecule has 0 bridgehead atoms. The first kappa shape index (κ1) is 21.0. The predicted molar refractivity (Wildman–Crippen MR) is 107 cm³/mol. The molecule has 0 aliphatic carbocycles. The summed E-state index contributed by atoms with van der Waals surface area (Å²) < 4.78 is 3.12. The number of benzene rings is 2. The number of phenols is 2. The highest BCUT2D eigenvalue weighted by Crippen LogP contribution is 2.15. The fourth-order valence-corrected chi connectivity index (χ4v) is 2.73. The van der Waals surface area contributed by atoms with E-state index in [4.69, 9.17) is 0 Å². The van der Waals surface area contributed by atoms with Crippen LogP contribution in [0.4, 0.5) is 0 Å². The number of hydrogen-bond donors (Lipinski definition) is 2. The highest BCUT2D eigenvalue weighted by atomic mass is 35.5. The van der Waals surface area contributed by atoms with Crippen molar-refractivity contribution in [2.45, 2.75) is 0 Å². The molecule has 0 spiro atoms. The third-order valence-electron chi connectivity index (χ3n) is 4.28. The fourth-order valence-electron chi connectivity index (χ4n) is 2.73. The van der Waals surface area contributed by atoms with Gasteiger partial charge in [0.05, 0.1) is 14.1 Å². The SMILES string of the molecule is Cn1c(/C=C/c2cccc(O)c2)cc(/C=C/c2cccc(O)c2)[n+](C)c1=O.[Cl-]. The highest BCUT2D eigenvalue weighted by molar-refractivity contribution is 5.71. The van der Waals surface area contributed by atoms with Gasteiger partial charge in [-0.3, -0.25) is 0 Å². The van der Waals surface area contributed by atoms with Crippen molar-refractivity contribution in [1.82, 2.24) is 4.57 Å². The lowest BCUT2D eigenvalue weighted by atomic mass is 10.1. The third kappa shape index (κ3) is 4.90. The van der Waals surface area contributed by atoms with Crippen molar-refractivity contribution in [3.63, 3.8) is 0 Å². The van der Waals surface area contributed by atoms with Gasteiger partial charge in [-0.25, -0.2) is 0 Å². The number of aromatic nitrogens is 2. The monoisotopic (exact) mass is 396 g/mol. The summed E-state index contributed by atoms with van der Waals surface area (Å²) in [6.45, 7) is 0. The van der Waals surface area contributed by atoms with Gasteiger partial charge in [0.1, 0.15) is 22.9 Å². The van der Waals surface area contributed by atoms with Crippen LogP contribution in [0.5, 0.6) is 11.5 Å². The zero-order valence-electron chi connectivity index (χ0n) is 15.6. The molecule has 144 valence electrons. The van der Waals surface area contributed by atoms with Crippen molar-refractivity contribution in [2.75, 3.05) is 0 Å². The molecule has 0 radical (unpaired) electrons. The average molecular weight is 397 g/mol. The summed E-state index contributed by atoms with van der Waals surface area (Å²) in [4.78, 5) is 12.5. The van der Waals surface area contributed by atoms with E-state index in [2.05, 4.69) is 0 Å². The molecule has 0 aliphatic rings. The summed E-state index contributed by atoms with van der Waals surface area (Å²) in [5.74, 6) is 0.389. The third-order valence-corrected chi connectivity index (χ3v) is 4.28. The van der Waals surface area contributed by atoms with Crippen LogP contribution in [0.25, 0.3) is 24.3 Å². The van der Waals surface area contributed by atoms with E-state index in [1.54, 1.807) is 59.6 Å². The molecule has 3 rings (SSSR count). The summed E-state index contributed by atoms with van der Waals surface area (Å²) in [6.07, 6.45) is 7.36. The van der Waals surface area contributed by atoms with Gasteiger partial charge in [-0.05, 0) is 47.5 Å². The molecule has 1 heterocycles. The molecule has 0 amide bonds. The lowest BCUT2D eigenvalue weighted by Crippen LogP contribution is -3.00. The lowest BCUT2D eigenvalue weighted by molar-refractivity contribution is -0.692. The minimum Gasteiger partial charge on any atom is -1.00 e. The van der Waals surface area contributed by atoms with E-state index in [9.17, 15) is 15.0 Å². The fraction of sp³-hybridized carbons (Fsp3) is 0.0909. The Hall–Kier alpha value is -3.31. The van der Waals surface area contributed by atoms with Crippen LogP contribution in [-0.4, -0.2) is 14.8 Å². The van der Waals surface area contributed by atoms with Gasteiger partial charge in [-0.2, -0.15) is 13.9 Å². The van der Waals surface area contributed by atoms with Crippen molar-refractivity contribution >= 4 is 24.3 Å². The summed E-state index contributed by atoms with van der Waals surface area (Å²) in [7, 11) is 3.43. The number of aromatic hydroxyl groups is 2. The minimum absolute atomic E-state index is 0. The van der Waals surface area contributed by atoms with Gasteiger partial charge >= 0.3 is 5.69 Å². The van der Waals surface area contributed by atoms with Crippen molar-refractivity contribution in [1.29, 1.82) is 0 Å². The molecule has 0 atom stereocenters. The van der Waals surface area contributed by atoms with E-state index in [-0.39, 0.29) is 29.6 Å². The largest absolute Gasteiger partial charge is 1.00 e. The quantitative estimate of drug-likeness (QED) is 0.608. The molecule has 0 fully saturated rings. The Morgan fingerprint density at radius 2 is 1.39 bits per heavy atom. The zero-order chi connectivity index (χ0) is 19.4. The van der Waals surface area contributed by atoms with Gasteiger partial charge < -0.3 is 22.6 Å². The van der Waals surface area contributed by atoms with Gasteiger partial charge in [0.15, 0.2) is 0 Å². The maximum Gasteiger partial charge on any atom is 0.498 e. The Morgan fingerprint density at radius 1 is 0.857 bits per heavy atom. The molecule has 0 aliphatic heterocycles. The Bertz CT molecular complexity index is 1020. The number of phenolic OH excluding ortho intramolecular Hbond substituents is 2. The van der Waals surface area contributed by atoms with E-state index < -0.39 is 0 Å². The first-order valence-electron chi connectivity index (χ1n) is 8.48. The molecule has 5 nitrogen and oxygen atoms in total. The van der Waals surface area contributed by atoms with Crippen LogP contribution < -0.4 is 22.7 Å². The molecule has 28 heavy (non-hydrogen) atoms. The maximum atomic E-state index is 12.5. The van der Waals surface area contributed by atoms with Crippen LogP contribution in [-0.2, 0) is 14.1 Å². The second-order valence-corrected chi connectivity index (χ2v) is 6.25. The van der Waals surface area contributed by atoms with Crippen molar-refractivity contribution in [3.8, 4) is 11.5 Å². The average Bonchev–Trinajstić information content (AvgIpc) is 2.65. The van der Waals surface area contributed by atoms with Gasteiger partial charge in [0, 0.05) is 6.07 Å². The number of rotatable bonds is 4. The second-order valence-electron chi connectivity index (χ2n) is 6.25. The smallest absolute Gasteiger partial charge is 0.498 e. The van der Waals surface area contributed by atoms with E-state index in [0.717, 1.165) is 22.5 Å². The topological polar surface area (TPSA) is 66.3 Å². The van der Waals surface area contributed by atoms with Crippen LogP contribution in [0.2, 0.25) is 0 Å². The van der Waals surface area contributed by atoms with Crippen LogP contribution in [0.15, 0.2) is 59.4 Å². The normalized spacial score (nSPS) is 11.1. The van der Waals surface area contributed by atoms with Crippen molar-refractivity contribution in [3.05, 3.63) is 87.6 Å². The standard InChI is InChI=1S/C22H20N2O3.ClH/c1-23-18(11-9-16-5-3-7-20(25)13-16)15-19(24(2)22(23)27)12-10-17-6-4-8-21(26)14-17;/h3-15H,1-2H3,(H-,25,26);1H/b11-9+,12-10+;. The number of halogens is 1. The summed E-state index contributed by atoms with van der Waals surface area (Å²) in [5.41, 5.74) is 3.00. The van der Waals surface area contributed by atoms with Crippen molar-refractivity contribution in [2.24, 2.45) is 14.1 Å². The lowest BCUT2D eigenvalue weighted by Gasteiger charge is -2.03. The van der Waals surface area contributed by atoms with Crippen LogP contribution in [0, 0.1) is 0 Å².